The van der Waals surface area contributed by atoms with Crippen LogP contribution in [0.4, 0.5) is 5.69 Å². The van der Waals surface area contributed by atoms with E-state index in [4.69, 9.17) is 0 Å². The number of carbonyl (C=O) groups is 2. The van der Waals surface area contributed by atoms with Gasteiger partial charge < -0.3 is 10.2 Å². The Morgan fingerprint density at radius 1 is 1.29 bits per heavy atom. The van der Waals surface area contributed by atoms with Gasteiger partial charge in [0, 0.05) is 40.7 Å². The van der Waals surface area contributed by atoms with Crippen LogP contribution in [0.3, 0.4) is 0 Å². The minimum atomic E-state index is -1.07. The van der Waals surface area contributed by atoms with Crippen LogP contribution in [0.15, 0.2) is 41.3 Å². The van der Waals surface area contributed by atoms with Crippen molar-refractivity contribution in [2.45, 2.75) is 18.7 Å². The molecule has 21 heavy (non-hydrogen) atoms. The monoisotopic (exact) mass is 308 g/mol. The van der Waals surface area contributed by atoms with Crippen molar-refractivity contribution in [1.82, 2.24) is 4.90 Å². The summed E-state index contributed by atoms with van der Waals surface area (Å²) in [6, 6.07) is 6.55. The lowest BCUT2D eigenvalue weighted by Gasteiger charge is -2.20. The minimum Gasteiger partial charge on any atom is -0.331 e. The second-order valence-corrected chi connectivity index (χ2v) is 6.09. The average molecular weight is 308 g/mol. The third-order valence-electron chi connectivity index (χ3n) is 2.77. The Hall–Kier alpha value is -1.95. The fourth-order valence-corrected chi connectivity index (χ4v) is 2.23. The molecule has 0 aromatic heterocycles. The molecular formula is C15H20N2O3S. The summed E-state index contributed by atoms with van der Waals surface area (Å²) in [5, 5.41) is 2.54. The Morgan fingerprint density at radius 2 is 1.86 bits per heavy atom. The first-order valence-electron chi connectivity index (χ1n) is 6.53. The van der Waals surface area contributed by atoms with Crippen LogP contribution >= 0.6 is 0 Å². The van der Waals surface area contributed by atoms with Crippen LogP contribution in [0.1, 0.15) is 13.8 Å². The van der Waals surface area contributed by atoms with Gasteiger partial charge in [0.2, 0.25) is 0 Å². The van der Waals surface area contributed by atoms with Gasteiger partial charge in [0.25, 0.3) is 0 Å². The van der Waals surface area contributed by atoms with Crippen molar-refractivity contribution >= 4 is 28.3 Å². The molecule has 6 heteroatoms. The molecule has 1 N–H and O–H groups in total. The average Bonchev–Trinajstić information content (AvgIpc) is 2.44. The van der Waals surface area contributed by atoms with Crippen molar-refractivity contribution in [1.29, 1.82) is 0 Å². The van der Waals surface area contributed by atoms with Gasteiger partial charge >= 0.3 is 11.8 Å². The number of hydrogen-bond donors (Lipinski definition) is 1. The smallest absolute Gasteiger partial charge is 0.313 e. The second-order valence-electron chi connectivity index (χ2n) is 4.71. The first-order valence-corrected chi connectivity index (χ1v) is 8.09. The predicted octanol–water partition coefficient (Wildman–Crippen LogP) is 1.79. The number of benzene rings is 1. The molecule has 1 rings (SSSR count). The molecule has 1 aromatic carbocycles. The minimum absolute atomic E-state index is 0.358. The van der Waals surface area contributed by atoms with Crippen molar-refractivity contribution in [3.63, 3.8) is 0 Å². The molecular weight excluding hydrogens is 288 g/mol. The van der Waals surface area contributed by atoms with Crippen molar-refractivity contribution in [3.8, 4) is 0 Å². The van der Waals surface area contributed by atoms with E-state index in [1.807, 2.05) is 0 Å². The van der Waals surface area contributed by atoms with Gasteiger partial charge in [0.05, 0.1) is 0 Å². The van der Waals surface area contributed by atoms with E-state index in [1.54, 1.807) is 44.4 Å². The standard InChI is InChI=1S/C15H20N2O3S/c1-5-17(10-11(2)3)15(19)14(18)16-12-6-8-13(9-7-12)21(4)20/h6-9H,2,5,10H2,1,3-4H3,(H,16,18). The van der Waals surface area contributed by atoms with Crippen LogP contribution in [0, 0.1) is 0 Å². The van der Waals surface area contributed by atoms with E-state index >= 15 is 0 Å². The number of nitrogens with one attached hydrogen (secondary N) is 1. The first kappa shape index (κ1) is 17.1. The molecule has 0 saturated heterocycles. The molecule has 0 aliphatic carbocycles. The topological polar surface area (TPSA) is 66.5 Å². The zero-order valence-electron chi connectivity index (χ0n) is 12.5. The summed E-state index contributed by atoms with van der Waals surface area (Å²) in [7, 11) is -1.07. The van der Waals surface area contributed by atoms with E-state index in [0.29, 0.717) is 23.7 Å². The van der Waals surface area contributed by atoms with Crippen molar-refractivity contribution in [2.75, 3.05) is 24.7 Å². The zero-order valence-corrected chi connectivity index (χ0v) is 13.3. The number of amides is 2. The van der Waals surface area contributed by atoms with Crippen molar-refractivity contribution in [3.05, 3.63) is 36.4 Å². The van der Waals surface area contributed by atoms with Gasteiger partial charge in [0.15, 0.2) is 0 Å². The molecule has 0 radical (unpaired) electrons. The summed E-state index contributed by atoms with van der Waals surface area (Å²) < 4.78 is 11.3. The van der Waals surface area contributed by atoms with E-state index in [1.165, 1.54) is 4.90 Å². The van der Waals surface area contributed by atoms with Gasteiger partial charge in [-0.1, -0.05) is 12.2 Å². The highest BCUT2D eigenvalue weighted by Crippen LogP contribution is 2.12. The molecule has 0 heterocycles. The number of nitrogens with zero attached hydrogens (tertiary/aromatic N) is 1. The lowest BCUT2D eigenvalue weighted by atomic mass is 10.3. The fraction of sp³-hybridized carbons (Fsp3) is 0.333. The number of anilines is 1. The Kier molecular flexibility index (Phi) is 6.30. The molecule has 114 valence electrons. The number of likely N-dealkylation sites (N-methyl/N-ethyl adjacent to an activating group) is 1. The second kappa shape index (κ2) is 7.73. The third kappa shape index (κ3) is 5.15. The molecule has 1 aromatic rings. The summed E-state index contributed by atoms with van der Waals surface area (Å²) in [6.07, 6.45) is 1.58. The summed E-state index contributed by atoms with van der Waals surface area (Å²) >= 11 is 0. The lowest BCUT2D eigenvalue weighted by molar-refractivity contribution is -0.142. The Labute approximate surface area is 127 Å². The fourth-order valence-electron chi connectivity index (χ4n) is 1.71. The zero-order chi connectivity index (χ0) is 16.0. The molecule has 0 spiro atoms. The van der Waals surface area contributed by atoms with Crippen LogP contribution in [0.25, 0.3) is 0 Å². The quantitative estimate of drug-likeness (QED) is 0.666. The highest BCUT2D eigenvalue weighted by atomic mass is 32.2. The van der Waals surface area contributed by atoms with Crippen LogP contribution in [0.2, 0.25) is 0 Å². The van der Waals surface area contributed by atoms with E-state index in [2.05, 4.69) is 11.9 Å². The van der Waals surface area contributed by atoms with Crippen LogP contribution < -0.4 is 5.32 Å². The van der Waals surface area contributed by atoms with Gasteiger partial charge in [-0.2, -0.15) is 0 Å². The summed E-state index contributed by atoms with van der Waals surface area (Å²) in [6.45, 7) is 8.14. The summed E-state index contributed by atoms with van der Waals surface area (Å²) in [5.74, 6) is -1.29. The molecule has 0 aliphatic heterocycles. The normalized spacial score (nSPS) is 11.6. The number of rotatable bonds is 5. The largest absolute Gasteiger partial charge is 0.331 e. The molecule has 2 amide bonds. The van der Waals surface area contributed by atoms with Crippen molar-refractivity contribution in [2.24, 2.45) is 0 Å². The molecule has 5 nitrogen and oxygen atoms in total. The van der Waals surface area contributed by atoms with E-state index in [0.717, 1.165) is 5.57 Å². The highest BCUT2D eigenvalue weighted by molar-refractivity contribution is 7.84. The van der Waals surface area contributed by atoms with Gasteiger partial charge in [0.1, 0.15) is 0 Å². The molecule has 0 saturated carbocycles. The molecule has 1 unspecified atom stereocenters. The van der Waals surface area contributed by atoms with E-state index < -0.39 is 22.6 Å². The van der Waals surface area contributed by atoms with Gasteiger partial charge in [-0.15, -0.1) is 0 Å². The number of carbonyl (C=O) groups excluding carboxylic acids is 2. The summed E-state index contributed by atoms with van der Waals surface area (Å²) in [5.41, 5.74) is 1.31. The maximum absolute atomic E-state index is 12.0. The first-order chi connectivity index (χ1) is 9.85. The van der Waals surface area contributed by atoms with Crippen LogP contribution in [0.5, 0.6) is 0 Å². The van der Waals surface area contributed by atoms with Crippen LogP contribution in [-0.2, 0) is 20.4 Å². The van der Waals surface area contributed by atoms with Crippen LogP contribution in [-0.4, -0.2) is 40.3 Å². The SMILES string of the molecule is C=C(C)CN(CC)C(=O)C(=O)Nc1ccc(S(C)=O)cc1. The molecule has 0 bridgehead atoms. The maximum atomic E-state index is 12.0. The van der Waals surface area contributed by atoms with Gasteiger partial charge in [-0.3, -0.25) is 13.8 Å². The van der Waals surface area contributed by atoms with Crippen molar-refractivity contribution < 1.29 is 13.8 Å². The lowest BCUT2D eigenvalue weighted by Crippen LogP contribution is -2.40. The highest BCUT2D eigenvalue weighted by Gasteiger charge is 2.20. The third-order valence-corrected chi connectivity index (χ3v) is 3.70. The Morgan fingerprint density at radius 3 is 2.29 bits per heavy atom. The van der Waals surface area contributed by atoms with Gasteiger partial charge in [-0.25, -0.2) is 0 Å². The van der Waals surface area contributed by atoms with E-state index in [9.17, 15) is 13.8 Å². The Bertz CT molecular complexity index is 567. The van der Waals surface area contributed by atoms with Gasteiger partial charge in [-0.05, 0) is 38.1 Å². The number of hydrogen-bond acceptors (Lipinski definition) is 3. The Balaban J connectivity index is 2.73. The maximum Gasteiger partial charge on any atom is 0.313 e. The summed E-state index contributed by atoms with van der Waals surface area (Å²) in [4.78, 5) is 26.0. The molecule has 0 aliphatic rings. The molecule has 0 fully saturated rings. The predicted molar refractivity (Wildman–Crippen MR) is 84.5 cm³/mol. The molecule has 1 atom stereocenters. The van der Waals surface area contributed by atoms with E-state index in [-0.39, 0.29) is 0 Å².